The largest absolute Gasteiger partial charge is 0.494 e. The van der Waals surface area contributed by atoms with Gasteiger partial charge in [-0.1, -0.05) is 18.2 Å². The topological polar surface area (TPSA) is 144 Å². The molecule has 2 aromatic carbocycles. The van der Waals surface area contributed by atoms with Crippen LogP contribution in [-0.2, 0) is 15.1 Å². The number of H-pyrrole nitrogens is 1. The standard InChI is InChI=1S/C20H20N6O4/c1-29-13-8-5-9-14(30-2)15(13)26-17(27)16-20(18(21)28,23-10-22-16)19-24-11-6-3-4-7-12(11)25-19/h3-9,23H,10H2,1-2H3,(H2,21,28)(H,24,25)(H,26,27). The van der Waals surface area contributed by atoms with E-state index in [1.54, 1.807) is 24.3 Å². The minimum absolute atomic E-state index is 0.0196. The third kappa shape index (κ3) is 2.94. The van der Waals surface area contributed by atoms with E-state index in [9.17, 15) is 9.59 Å². The number of amides is 2. The number of anilines is 1. The van der Waals surface area contributed by atoms with Crippen LogP contribution < -0.4 is 25.8 Å². The Bertz CT molecular complexity index is 1120. The first-order chi connectivity index (χ1) is 14.5. The van der Waals surface area contributed by atoms with E-state index in [2.05, 4.69) is 25.6 Å². The van der Waals surface area contributed by atoms with Crippen LogP contribution in [0.15, 0.2) is 47.5 Å². The van der Waals surface area contributed by atoms with Gasteiger partial charge in [-0.05, 0) is 24.3 Å². The monoisotopic (exact) mass is 408 g/mol. The van der Waals surface area contributed by atoms with E-state index in [1.165, 1.54) is 14.2 Å². The van der Waals surface area contributed by atoms with Crippen LogP contribution in [0, 0.1) is 0 Å². The number of imidazole rings is 1. The molecule has 1 unspecified atom stereocenters. The number of nitrogens with two attached hydrogens (primary N) is 1. The first-order valence-corrected chi connectivity index (χ1v) is 9.08. The minimum atomic E-state index is -1.71. The average molecular weight is 408 g/mol. The van der Waals surface area contributed by atoms with Gasteiger partial charge in [0.25, 0.3) is 11.8 Å². The van der Waals surface area contributed by atoms with Crippen molar-refractivity contribution in [1.82, 2.24) is 15.3 Å². The summed E-state index contributed by atoms with van der Waals surface area (Å²) >= 11 is 0. The van der Waals surface area contributed by atoms with Crippen LogP contribution in [0.2, 0.25) is 0 Å². The number of primary amides is 1. The Morgan fingerprint density at radius 1 is 1.10 bits per heavy atom. The molecule has 1 aromatic heterocycles. The average Bonchev–Trinajstić information content (AvgIpc) is 3.38. The van der Waals surface area contributed by atoms with E-state index in [0.29, 0.717) is 28.2 Å². The highest BCUT2D eigenvalue weighted by atomic mass is 16.5. The summed E-state index contributed by atoms with van der Waals surface area (Å²) in [7, 11) is 2.95. The summed E-state index contributed by atoms with van der Waals surface area (Å²) in [6.45, 7) is 0.0196. The van der Waals surface area contributed by atoms with Crippen molar-refractivity contribution in [3.8, 4) is 11.5 Å². The molecule has 3 aromatic rings. The molecule has 4 rings (SSSR count). The SMILES string of the molecule is COc1cccc(OC)c1NC(=O)C1=NCNC1(C(N)=O)c1nc2ccccc2[nH]1. The van der Waals surface area contributed by atoms with Gasteiger partial charge in [-0.25, -0.2) is 4.98 Å². The molecule has 1 atom stereocenters. The number of carbonyl (C=O) groups excluding carboxylic acids is 2. The van der Waals surface area contributed by atoms with Crippen LogP contribution in [-0.4, -0.2) is 48.4 Å². The number of rotatable bonds is 6. The number of ether oxygens (including phenoxy) is 2. The lowest BCUT2D eigenvalue weighted by Gasteiger charge is -2.25. The van der Waals surface area contributed by atoms with Crippen LogP contribution in [0.3, 0.4) is 0 Å². The van der Waals surface area contributed by atoms with Crippen molar-refractivity contribution in [3.05, 3.63) is 48.3 Å². The number of aliphatic imine (C=N–C) groups is 1. The Balaban J connectivity index is 1.76. The van der Waals surface area contributed by atoms with Crippen molar-refractivity contribution in [2.45, 2.75) is 5.54 Å². The van der Waals surface area contributed by atoms with Crippen molar-refractivity contribution in [3.63, 3.8) is 0 Å². The Hall–Kier alpha value is -3.92. The Labute approximate surface area is 171 Å². The summed E-state index contributed by atoms with van der Waals surface area (Å²) in [6, 6.07) is 12.3. The molecule has 10 heteroatoms. The lowest BCUT2D eigenvalue weighted by Crippen LogP contribution is -2.58. The highest BCUT2D eigenvalue weighted by molar-refractivity contribution is 6.50. The Morgan fingerprint density at radius 2 is 1.80 bits per heavy atom. The number of nitrogens with zero attached hydrogens (tertiary/aromatic N) is 2. The second-order valence-corrected chi connectivity index (χ2v) is 6.55. The number of benzene rings is 2. The van der Waals surface area contributed by atoms with E-state index >= 15 is 0 Å². The second kappa shape index (κ2) is 7.48. The van der Waals surface area contributed by atoms with Gasteiger partial charge < -0.3 is 25.5 Å². The number of nitrogens with one attached hydrogen (secondary N) is 3. The predicted molar refractivity (Wildman–Crippen MR) is 111 cm³/mol. The fraction of sp³-hybridized carbons (Fsp3) is 0.200. The van der Waals surface area contributed by atoms with Crippen molar-refractivity contribution in [2.75, 3.05) is 26.2 Å². The molecule has 0 spiro atoms. The van der Waals surface area contributed by atoms with Crippen LogP contribution >= 0.6 is 0 Å². The zero-order chi connectivity index (χ0) is 21.3. The second-order valence-electron chi connectivity index (χ2n) is 6.55. The van der Waals surface area contributed by atoms with E-state index in [0.717, 1.165) is 0 Å². The molecule has 2 heterocycles. The van der Waals surface area contributed by atoms with Crippen LogP contribution in [0.5, 0.6) is 11.5 Å². The maximum absolute atomic E-state index is 13.2. The summed E-state index contributed by atoms with van der Waals surface area (Å²) < 4.78 is 10.6. The fourth-order valence-electron chi connectivity index (χ4n) is 3.48. The van der Waals surface area contributed by atoms with Gasteiger partial charge >= 0.3 is 0 Å². The molecular formula is C20H20N6O4. The summed E-state index contributed by atoms with van der Waals surface area (Å²) in [4.78, 5) is 37.6. The van der Waals surface area contributed by atoms with Gasteiger partial charge in [0.1, 0.15) is 28.7 Å². The molecule has 0 aliphatic carbocycles. The van der Waals surface area contributed by atoms with E-state index < -0.39 is 17.4 Å². The molecule has 0 fully saturated rings. The summed E-state index contributed by atoms with van der Waals surface area (Å²) in [5.74, 6) is -0.470. The smallest absolute Gasteiger partial charge is 0.272 e. The zero-order valence-electron chi connectivity index (χ0n) is 16.4. The van der Waals surface area contributed by atoms with Crippen LogP contribution in [0.4, 0.5) is 5.69 Å². The number of para-hydroxylation sites is 3. The number of aromatic nitrogens is 2. The van der Waals surface area contributed by atoms with E-state index in [1.807, 2.05) is 18.2 Å². The molecule has 30 heavy (non-hydrogen) atoms. The summed E-state index contributed by atoms with van der Waals surface area (Å²) in [5, 5.41) is 5.65. The molecule has 0 saturated carbocycles. The van der Waals surface area contributed by atoms with Gasteiger partial charge in [0.05, 0.1) is 31.9 Å². The molecule has 2 amide bonds. The van der Waals surface area contributed by atoms with Crippen LogP contribution in [0.25, 0.3) is 11.0 Å². The lowest BCUT2D eigenvalue weighted by molar-refractivity contribution is -0.123. The van der Waals surface area contributed by atoms with Gasteiger partial charge in [-0.15, -0.1) is 0 Å². The van der Waals surface area contributed by atoms with Crippen molar-refractivity contribution >= 4 is 34.2 Å². The summed E-state index contributed by atoms with van der Waals surface area (Å²) in [6.07, 6.45) is 0. The first kappa shape index (κ1) is 19.4. The lowest BCUT2D eigenvalue weighted by atomic mass is 9.91. The van der Waals surface area contributed by atoms with Gasteiger partial charge in [-0.2, -0.15) is 0 Å². The molecule has 0 saturated heterocycles. The van der Waals surface area contributed by atoms with Crippen molar-refractivity contribution < 1.29 is 19.1 Å². The highest BCUT2D eigenvalue weighted by Gasteiger charge is 2.52. The number of fused-ring (bicyclic) bond motifs is 1. The first-order valence-electron chi connectivity index (χ1n) is 9.08. The summed E-state index contributed by atoms with van der Waals surface area (Å²) in [5.41, 5.74) is 5.57. The van der Waals surface area contributed by atoms with E-state index in [4.69, 9.17) is 15.2 Å². The number of carbonyl (C=O) groups is 2. The van der Waals surface area contributed by atoms with Gasteiger partial charge in [0, 0.05) is 0 Å². The number of aromatic amines is 1. The van der Waals surface area contributed by atoms with Crippen molar-refractivity contribution in [2.24, 2.45) is 10.7 Å². The molecule has 1 aliphatic heterocycles. The van der Waals surface area contributed by atoms with Gasteiger partial charge in [-0.3, -0.25) is 19.9 Å². The molecule has 154 valence electrons. The molecular weight excluding hydrogens is 388 g/mol. The predicted octanol–water partition coefficient (Wildman–Crippen LogP) is 0.901. The maximum Gasteiger partial charge on any atom is 0.272 e. The number of hydrogen-bond acceptors (Lipinski definition) is 7. The number of hydrogen-bond donors (Lipinski definition) is 4. The molecule has 5 N–H and O–H groups in total. The van der Waals surface area contributed by atoms with Gasteiger partial charge in [0.15, 0.2) is 0 Å². The Kier molecular flexibility index (Phi) is 4.84. The van der Waals surface area contributed by atoms with Crippen molar-refractivity contribution in [1.29, 1.82) is 0 Å². The highest BCUT2D eigenvalue weighted by Crippen LogP contribution is 2.35. The molecule has 0 radical (unpaired) electrons. The fourth-order valence-corrected chi connectivity index (χ4v) is 3.48. The zero-order valence-corrected chi connectivity index (χ0v) is 16.4. The quantitative estimate of drug-likeness (QED) is 0.477. The third-order valence-electron chi connectivity index (χ3n) is 4.93. The minimum Gasteiger partial charge on any atom is -0.494 e. The normalized spacial score (nSPS) is 18.1. The Morgan fingerprint density at radius 3 is 2.43 bits per heavy atom. The number of methoxy groups -OCH3 is 2. The molecule has 1 aliphatic rings. The molecule has 10 nitrogen and oxygen atoms in total. The molecule has 0 bridgehead atoms. The maximum atomic E-state index is 13.2. The third-order valence-corrected chi connectivity index (χ3v) is 4.93. The van der Waals surface area contributed by atoms with Gasteiger partial charge in [0.2, 0.25) is 5.54 Å². The van der Waals surface area contributed by atoms with E-state index in [-0.39, 0.29) is 18.2 Å². The van der Waals surface area contributed by atoms with Crippen LogP contribution in [0.1, 0.15) is 5.82 Å².